The van der Waals surface area contributed by atoms with Crippen LogP contribution in [-0.2, 0) is 0 Å². The van der Waals surface area contributed by atoms with Crippen LogP contribution in [0.2, 0.25) is 0 Å². The maximum absolute atomic E-state index is 13.8. The fourth-order valence-electron chi connectivity index (χ4n) is 2.02. The lowest BCUT2D eigenvalue weighted by molar-refractivity contribution is 0.585. The third-order valence-corrected chi connectivity index (χ3v) is 3.75. The number of pyridine rings is 1. The Morgan fingerprint density at radius 1 is 1.26 bits per heavy atom. The van der Waals surface area contributed by atoms with Gasteiger partial charge in [-0.2, -0.15) is 0 Å². The second-order valence-electron chi connectivity index (χ2n) is 4.67. The molecule has 0 radical (unpaired) electrons. The van der Waals surface area contributed by atoms with Crippen LogP contribution in [0.15, 0.2) is 40.3 Å². The molecule has 2 nitrogen and oxygen atoms in total. The van der Waals surface area contributed by atoms with E-state index in [1.54, 1.807) is 13.0 Å². The van der Waals surface area contributed by atoms with Crippen LogP contribution in [0, 0.1) is 19.7 Å². The highest BCUT2D eigenvalue weighted by Gasteiger charge is 2.14. The average molecular weight is 276 g/mol. The van der Waals surface area contributed by atoms with Crippen LogP contribution in [0.25, 0.3) is 0 Å². The molecule has 19 heavy (non-hydrogen) atoms. The summed E-state index contributed by atoms with van der Waals surface area (Å²) in [7, 11) is 0. The highest BCUT2D eigenvalue weighted by atomic mass is 32.2. The first-order valence-electron chi connectivity index (χ1n) is 6.14. The summed E-state index contributed by atoms with van der Waals surface area (Å²) in [5.41, 5.74) is 8.51. The van der Waals surface area contributed by atoms with E-state index >= 15 is 0 Å². The number of hydrogen-bond acceptors (Lipinski definition) is 3. The van der Waals surface area contributed by atoms with Gasteiger partial charge < -0.3 is 5.73 Å². The molecule has 0 unspecified atom stereocenters. The van der Waals surface area contributed by atoms with Crippen molar-refractivity contribution in [3.8, 4) is 0 Å². The molecular weight excluding hydrogens is 259 g/mol. The lowest BCUT2D eigenvalue weighted by atomic mass is 10.1. The predicted octanol–water partition coefficient (Wildman–Crippen LogP) is 4.01. The maximum atomic E-state index is 13.8. The van der Waals surface area contributed by atoms with E-state index in [1.807, 2.05) is 32.0 Å². The van der Waals surface area contributed by atoms with Gasteiger partial charge in [-0.05, 0) is 50.6 Å². The number of rotatable bonds is 3. The minimum Gasteiger partial charge on any atom is -0.324 e. The topological polar surface area (TPSA) is 38.9 Å². The highest BCUT2D eigenvalue weighted by Crippen LogP contribution is 2.33. The van der Waals surface area contributed by atoms with Crippen molar-refractivity contribution < 1.29 is 4.39 Å². The minimum atomic E-state index is -0.338. The molecule has 1 aromatic heterocycles. The number of hydrogen-bond donors (Lipinski definition) is 1. The summed E-state index contributed by atoms with van der Waals surface area (Å²) in [4.78, 5) is 5.29. The van der Waals surface area contributed by atoms with Crippen LogP contribution in [0.5, 0.6) is 0 Å². The van der Waals surface area contributed by atoms with Crippen LogP contribution < -0.4 is 5.73 Å². The Kier molecular flexibility index (Phi) is 4.22. The van der Waals surface area contributed by atoms with E-state index in [1.165, 1.54) is 17.8 Å². The zero-order chi connectivity index (χ0) is 14.0. The average Bonchev–Trinajstić information content (AvgIpc) is 2.26. The molecule has 2 rings (SSSR count). The second kappa shape index (κ2) is 5.72. The molecule has 0 spiro atoms. The van der Waals surface area contributed by atoms with Crippen molar-refractivity contribution in [2.75, 3.05) is 0 Å². The molecule has 100 valence electrons. The Labute approximate surface area is 117 Å². The Morgan fingerprint density at radius 3 is 2.63 bits per heavy atom. The van der Waals surface area contributed by atoms with Gasteiger partial charge >= 0.3 is 0 Å². The van der Waals surface area contributed by atoms with Gasteiger partial charge in [0.15, 0.2) is 0 Å². The van der Waals surface area contributed by atoms with Gasteiger partial charge in [0.25, 0.3) is 0 Å². The fraction of sp³-hybridized carbons (Fsp3) is 0.267. The summed E-state index contributed by atoms with van der Waals surface area (Å²) in [6.07, 6.45) is 0. The van der Waals surface area contributed by atoms with E-state index in [2.05, 4.69) is 4.98 Å². The van der Waals surface area contributed by atoms with Gasteiger partial charge in [0.2, 0.25) is 0 Å². The monoisotopic (exact) mass is 276 g/mol. The zero-order valence-corrected chi connectivity index (χ0v) is 12.1. The minimum absolute atomic E-state index is 0.260. The molecule has 0 saturated heterocycles. The highest BCUT2D eigenvalue weighted by molar-refractivity contribution is 7.99. The van der Waals surface area contributed by atoms with Gasteiger partial charge in [0, 0.05) is 22.2 Å². The Bertz CT molecular complexity index is 576. The van der Waals surface area contributed by atoms with Crippen LogP contribution in [-0.4, -0.2) is 4.98 Å². The molecular formula is C15H17FN2S. The SMILES string of the molecule is Cc1cc(C)nc(Sc2cccc(F)c2[C@H](C)N)c1. The van der Waals surface area contributed by atoms with E-state index in [-0.39, 0.29) is 11.9 Å². The number of nitrogens with zero attached hydrogens (tertiary/aromatic N) is 1. The third-order valence-electron chi connectivity index (χ3n) is 2.76. The molecule has 0 bridgehead atoms. The van der Waals surface area contributed by atoms with Gasteiger partial charge in [-0.1, -0.05) is 17.8 Å². The zero-order valence-electron chi connectivity index (χ0n) is 11.3. The standard InChI is InChI=1S/C15H17FN2S/c1-9-7-10(2)18-14(8-9)19-13-6-4-5-12(16)15(13)11(3)17/h4-8,11H,17H2,1-3H3/t11-/m0/s1. The van der Waals surface area contributed by atoms with Gasteiger partial charge in [-0.3, -0.25) is 0 Å². The molecule has 4 heteroatoms. The van der Waals surface area contributed by atoms with Crippen molar-refractivity contribution in [1.82, 2.24) is 4.98 Å². The number of aromatic nitrogens is 1. The van der Waals surface area contributed by atoms with E-state index < -0.39 is 0 Å². The van der Waals surface area contributed by atoms with Gasteiger partial charge in [-0.25, -0.2) is 9.37 Å². The van der Waals surface area contributed by atoms with Crippen molar-refractivity contribution >= 4 is 11.8 Å². The Morgan fingerprint density at radius 2 is 2.00 bits per heavy atom. The smallest absolute Gasteiger partial charge is 0.129 e. The van der Waals surface area contributed by atoms with E-state index in [0.717, 1.165) is 21.2 Å². The number of halogens is 1. The summed E-state index contributed by atoms with van der Waals surface area (Å²) in [5, 5.41) is 0.866. The number of benzene rings is 1. The summed E-state index contributed by atoms with van der Waals surface area (Å²) >= 11 is 1.45. The number of aryl methyl sites for hydroxylation is 2. The van der Waals surface area contributed by atoms with E-state index in [4.69, 9.17) is 5.73 Å². The van der Waals surface area contributed by atoms with Crippen molar-refractivity contribution in [2.45, 2.75) is 36.7 Å². The maximum Gasteiger partial charge on any atom is 0.129 e. The van der Waals surface area contributed by atoms with Gasteiger partial charge in [0.1, 0.15) is 10.8 Å². The quantitative estimate of drug-likeness (QED) is 0.920. The third kappa shape index (κ3) is 3.33. The molecule has 1 heterocycles. The summed E-state index contributed by atoms with van der Waals surface area (Å²) < 4.78 is 13.8. The summed E-state index contributed by atoms with van der Waals surface area (Å²) in [6, 6.07) is 8.69. The molecule has 0 aliphatic rings. The molecule has 0 aliphatic carbocycles. The van der Waals surface area contributed by atoms with Crippen molar-refractivity contribution in [3.05, 3.63) is 53.0 Å². The van der Waals surface area contributed by atoms with Gasteiger partial charge in [-0.15, -0.1) is 0 Å². The molecule has 0 saturated carbocycles. The molecule has 1 atom stereocenters. The molecule has 0 fully saturated rings. The van der Waals surface area contributed by atoms with Crippen molar-refractivity contribution in [2.24, 2.45) is 5.73 Å². The fourth-order valence-corrected chi connectivity index (χ4v) is 3.22. The van der Waals surface area contributed by atoms with Crippen molar-refractivity contribution in [1.29, 1.82) is 0 Å². The molecule has 1 aromatic carbocycles. The van der Waals surface area contributed by atoms with Crippen LogP contribution >= 0.6 is 11.8 Å². The van der Waals surface area contributed by atoms with Crippen LogP contribution in [0.1, 0.15) is 29.8 Å². The normalized spacial score (nSPS) is 12.5. The predicted molar refractivity (Wildman–Crippen MR) is 76.8 cm³/mol. The Hall–Kier alpha value is -1.39. The second-order valence-corrected chi connectivity index (χ2v) is 5.73. The molecule has 0 aliphatic heterocycles. The van der Waals surface area contributed by atoms with Crippen LogP contribution in [0.4, 0.5) is 4.39 Å². The molecule has 2 N–H and O–H groups in total. The van der Waals surface area contributed by atoms with E-state index in [9.17, 15) is 4.39 Å². The number of nitrogens with two attached hydrogens (primary N) is 1. The first-order chi connectivity index (χ1) is 8.97. The van der Waals surface area contributed by atoms with Gasteiger partial charge in [0.05, 0.1) is 0 Å². The largest absolute Gasteiger partial charge is 0.324 e. The van der Waals surface area contributed by atoms with Crippen LogP contribution in [0.3, 0.4) is 0 Å². The lowest BCUT2D eigenvalue weighted by Gasteiger charge is -2.13. The summed E-state index contributed by atoms with van der Waals surface area (Å²) in [5.74, 6) is -0.260. The molecule has 2 aromatic rings. The first-order valence-corrected chi connectivity index (χ1v) is 6.96. The Balaban J connectivity index is 2.40. The lowest BCUT2D eigenvalue weighted by Crippen LogP contribution is -2.09. The van der Waals surface area contributed by atoms with Crippen molar-refractivity contribution in [3.63, 3.8) is 0 Å². The molecule has 0 amide bonds. The van der Waals surface area contributed by atoms with E-state index in [0.29, 0.717) is 5.56 Å². The summed E-state index contributed by atoms with van der Waals surface area (Å²) in [6.45, 7) is 5.77. The first kappa shape index (κ1) is 14.0.